The van der Waals surface area contributed by atoms with Gasteiger partial charge < -0.3 is 4.90 Å². The summed E-state index contributed by atoms with van der Waals surface area (Å²) in [5.41, 5.74) is 2.80. The molecule has 1 fully saturated rings. The number of hydrogen-bond donors (Lipinski definition) is 0. The van der Waals surface area contributed by atoms with Gasteiger partial charge in [0.25, 0.3) is 5.56 Å². The molecule has 0 bridgehead atoms. The highest BCUT2D eigenvalue weighted by Gasteiger charge is 2.20. The maximum Gasteiger partial charge on any atom is 0.266 e. The van der Waals surface area contributed by atoms with Crippen LogP contribution in [0.25, 0.3) is 11.0 Å². The third-order valence-electron chi connectivity index (χ3n) is 4.81. The maximum atomic E-state index is 11.7. The summed E-state index contributed by atoms with van der Waals surface area (Å²) < 4.78 is 1.52. The van der Waals surface area contributed by atoms with Crippen LogP contribution in [0.4, 0.5) is 5.82 Å². The standard InChI is InChI=1S/C19H22N6O/c1-15-19(22-17-6-3-2-5-16(17)21-15)24-12-9-23(10-13-24)11-14-25-18(26)7-4-8-20-25/h2-8H,9-14H2,1H3. The molecule has 4 rings (SSSR count). The maximum absolute atomic E-state index is 11.7. The zero-order valence-corrected chi connectivity index (χ0v) is 14.9. The van der Waals surface area contributed by atoms with Gasteiger partial charge in [-0.15, -0.1) is 0 Å². The van der Waals surface area contributed by atoms with Crippen LogP contribution in [0.3, 0.4) is 0 Å². The number of fused-ring (bicyclic) bond motifs is 1. The molecule has 0 radical (unpaired) electrons. The number of nitrogens with zero attached hydrogens (tertiary/aromatic N) is 6. The highest BCUT2D eigenvalue weighted by molar-refractivity contribution is 5.76. The van der Waals surface area contributed by atoms with E-state index in [-0.39, 0.29) is 5.56 Å². The van der Waals surface area contributed by atoms with Crippen LogP contribution in [0.1, 0.15) is 5.69 Å². The number of anilines is 1. The third-order valence-corrected chi connectivity index (χ3v) is 4.81. The number of para-hydroxylation sites is 2. The molecule has 3 aromatic rings. The van der Waals surface area contributed by atoms with Gasteiger partial charge in [0.1, 0.15) is 0 Å². The Labute approximate surface area is 151 Å². The molecule has 7 nitrogen and oxygen atoms in total. The zero-order valence-electron chi connectivity index (χ0n) is 14.9. The number of benzene rings is 1. The van der Waals surface area contributed by atoms with E-state index >= 15 is 0 Å². The van der Waals surface area contributed by atoms with Crippen molar-refractivity contribution in [2.75, 3.05) is 37.6 Å². The van der Waals surface area contributed by atoms with Gasteiger partial charge in [0.2, 0.25) is 0 Å². The molecule has 0 aliphatic carbocycles. The monoisotopic (exact) mass is 350 g/mol. The molecule has 0 spiro atoms. The summed E-state index contributed by atoms with van der Waals surface area (Å²) in [6, 6.07) is 11.2. The van der Waals surface area contributed by atoms with Crippen LogP contribution >= 0.6 is 0 Å². The van der Waals surface area contributed by atoms with Crippen molar-refractivity contribution in [1.82, 2.24) is 24.6 Å². The van der Waals surface area contributed by atoms with Crippen LogP contribution < -0.4 is 10.5 Å². The topological polar surface area (TPSA) is 67.2 Å². The van der Waals surface area contributed by atoms with E-state index < -0.39 is 0 Å². The van der Waals surface area contributed by atoms with E-state index in [1.54, 1.807) is 18.3 Å². The third kappa shape index (κ3) is 3.43. The normalized spacial score (nSPS) is 15.5. The molecule has 0 saturated carbocycles. The van der Waals surface area contributed by atoms with Gasteiger partial charge in [0, 0.05) is 45.0 Å². The van der Waals surface area contributed by atoms with Crippen molar-refractivity contribution in [2.45, 2.75) is 13.5 Å². The lowest BCUT2D eigenvalue weighted by Crippen LogP contribution is -2.48. The SMILES string of the molecule is Cc1nc2ccccc2nc1N1CCN(CCn2ncccc2=O)CC1. The van der Waals surface area contributed by atoms with Crippen LogP contribution in [-0.4, -0.2) is 57.4 Å². The number of aromatic nitrogens is 4. The quantitative estimate of drug-likeness (QED) is 0.707. The summed E-state index contributed by atoms with van der Waals surface area (Å²) in [7, 11) is 0. The van der Waals surface area contributed by atoms with Crippen LogP contribution in [0.15, 0.2) is 47.4 Å². The molecular weight excluding hydrogens is 328 g/mol. The van der Waals surface area contributed by atoms with E-state index in [4.69, 9.17) is 9.97 Å². The minimum atomic E-state index is -0.0480. The molecule has 26 heavy (non-hydrogen) atoms. The summed E-state index contributed by atoms with van der Waals surface area (Å²) in [6.07, 6.45) is 1.65. The molecule has 3 heterocycles. The van der Waals surface area contributed by atoms with Gasteiger partial charge in [0.05, 0.1) is 23.3 Å². The predicted molar refractivity (Wildman–Crippen MR) is 101 cm³/mol. The lowest BCUT2D eigenvalue weighted by atomic mass is 10.2. The van der Waals surface area contributed by atoms with Crippen molar-refractivity contribution in [3.8, 4) is 0 Å². The highest BCUT2D eigenvalue weighted by atomic mass is 16.1. The first-order valence-electron chi connectivity index (χ1n) is 8.93. The fourth-order valence-corrected chi connectivity index (χ4v) is 3.35. The van der Waals surface area contributed by atoms with Gasteiger partial charge in [-0.25, -0.2) is 14.6 Å². The first kappa shape index (κ1) is 16.7. The second-order valence-corrected chi connectivity index (χ2v) is 6.54. The Morgan fingerprint density at radius 2 is 1.65 bits per heavy atom. The first-order valence-corrected chi connectivity index (χ1v) is 8.93. The van der Waals surface area contributed by atoms with E-state index in [1.165, 1.54) is 4.68 Å². The van der Waals surface area contributed by atoms with Gasteiger partial charge in [-0.2, -0.15) is 5.10 Å². The van der Waals surface area contributed by atoms with Crippen molar-refractivity contribution in [3.63, 3.8) is 0 Å². The van der Waals surface area contributed by atoms with Crippen molar-refractivity contribution >= 4 is 16.9 Å². The van der Waals surface area contributed by atoms with Crippen molar-refractivity contribution in [2.24, 2.45) is 0 Å². The Morgan fingerprint density at radius 1 is 0.923 bits per heavy atom. The molecule has 1 saturated heterocycles. The second-order valence-electron chi connectivity index (χ2n) is 6.54. The van der Waals surface area contributed by atoms with E-state index in [2.05, 4.69) is 14.9 Å². The second kappa shape index (κ2) is 7.21. The molecule has 2 aromatic heterocycles. The summed E-state index contributed by atoms with van der Waals surface area (Å²) >= 11 is 0. The fraction of sp³-hybridized carbons (Fsp3) is 0.368. The lowest BCUT2D eigenvalue weighted by Gasteiger charge is -2.35. The molecule has 0 amide bonds. The Kier molecular flexibility index (Phi) is 4.62. The molecule has 0 unspecified atom stereocenters. The Balaban J connectivity index is 1.40. The van der Waals surface area contributed by atoms with E-state index in [9.17, 15) is 4.79 Å². The van der Waals surface area contributed by atoms with Crippen molar-refractivity contribution in [1.29, 1.82) is 0 Å². The van der Waals surface area contributed by atoms with E-state index in [0.29, 0.717) is 6.54 Å². The molecule has 0 atom stereocenters. The Morgan fingerprint density at radius 3 is 2.38 bits per heavy atom. The number of rotatable bonds is 4. The minimum Gasteiger partial charge on any atom is -0.353 e. The van der Waals surface area contributed by atoms with Crippen LogP contribution in [0.2, 0.25) is 0 Å². The lowest BCUT2D eigenvalue weighted by molar-refractivity contribution is 0.242. The van der Waals surface area contributed by atoms with Crippen molar-refractivity contribution < 1.29 is 0 Å². The smallest absolute Gasteiger partial charge is 0.266 e. The highest BCUT2D eigenvalue weighted by Crippen LogP contribution is 2.21. The molecular formula is C19H22N6O. The van der Waals surface area contributed by atoms with Gasteiger partial charge in [-0.05, 0) is 25.1 Å². The molecule has 7 heteroatoms. The first-order chi connectivity index (χ1) is 12.7. The van der Waals surface area contributed by atoms with Gasteiger partial charge in [-0.1, -0.05) is 12.1 Å². The minimum absolute atomic E-state index is 0.0480. The zero-order chi connectivity index (χ0) is 17.9. The van der Waals surface area contributed by atoms with Crippen molar-refractivity contribution in [3.05, 3.63) is 58.6 Å². The summed E-state index contributed by atoms with van der Waals surface area (Å²) in [5.74, 6) is 0.976. The van der Waals surface area contributed by atoms with Crippen LogP contribution in [-0.2, 0) is 6.54 Å². The summed E-state index contributed by atoms with van der Waals surface area (Å²) in [5, 5.41) is 4.11. The molecule has 1 aliphatic heterocycles. The number of piperazine rings is 1. The van der Waals surface area contributed by atoms with E-state index in [1.807, 2.05) is 31.2 Å². The van der Waals surface area contributed by atoms with E-state index in [0.717, 1.165) is 55.3 Å². The molecule has 1 aliphatic rings. The average molecular weight is 350 g/mol. The average Bonchev–Trinajstić information content (AvgIpc) is 2.67. The number of hydrogen-bond acceptors (Lipinski definition) is 6. The van der Waals surface area contributed by atoms with Crippen LogP contribution in [0.5, 0.6) is 0 Å². The Hall–Kier alpha value is -2.80. The largest absolute Gasteiger partial charge is 0.353 e. The predicted octanol–water partition coefficient (Wildman–Crippen LogP) is 1.32. The van der Waals surface area contributed by atoms with Gasteiger partial charge in [0.15, 0.2) is 5.82 Å². The Bertz CT molecular complexity index is 961. The van der Waals surface area contributed by atoms with Gasteiger partial charge >= 0.3 is 0 Å². The van der Waals surface area contributed by atoms with Crippen LogP contribution in [0, 0.1) is 6.92 Å². The molecule has 1 aromatic carbocycles. The van der Waals surface area contributed by atoms with Gasteiger partial charge in [-0.3, -0.25) is 9.69 Å². The number of aryl methyl sites for hydroxylation is 1. The summed E-state index contributed by atoms with van der Waals surface area (Å²) in [4.78, 5) is 25.9. The molecule has 134 valence electrons. The summed E-state index contributed by atoms with van der Waals surface area (Å²) in [6.45, 7) is 7.16. The molecule has 0 N–H and O–H groups in total. The fourth-order valence-electron chi connectivity index (χ4n) is 3.35.